The summed E-state index contributed by atoms with van der Waals surface area (Å²) in [5.41, 5.74) is 6.54. The predicted octanol–water partition coefficient (Wildman–Crippen LogP) is 2.90. The molecule has 12 nitrogen and oxygen atoms in total. The van der Waals surface area contributed by atoms with Crippen LogP contribution in [0.25, 0.3) is 0 Å². The van der Waals surface area contributed by atoms with E-state index in [0.29, 0.717) is 81.6 Å². The number of nitrogens with zero attached hydrogens (tertiary/aromatic N) is 3. The van der Waals surface area contributed by atoms with Crippen molar-refractivity contribution < 1.29 is 19.4 Å². The molecule has 2 rings (SSSR count). The van der Waals surface area contributed by atoms with Gasteiger partial charge < -0.3 is 41.6 Å². The number of ether oxygens (including phenoxy) is 2. The molecule has 0 saturated heterocycles. The van der Waals surface area contributed by atoms with Crippen LogP contribution in [0.15, 0.2) is 24.3 Å². The van der Waals surface area contributed by atoms with E-state index in [9.17, 15) is 4.79 Å². The van der Waals surface area contributed by atoms with Crippen LogP contribution in [-0.2, 0) is 9.47 Å². The van der Waals surface area contributed by atoms with Gasteiger partial charge in [0.2, 0.25) is 17.8 Å². The molecule has 1 amide bonds. The fraction of sp³-hybridized carbons (Fsp3) is 0.630. The van der Waals surface area contributed by atoms with Crippen LogP contribution >= 0.6 is 0 Å². The summed E-state index contributed by atoms with van der Waals surface area (Å²) in [4.78, 5) is 26.0. The van der Waals surface area contributed by atoms with Crippen molar-refractivity contribution in [3.05, 3.63) is 29.8 Å². The van der Waals surface area contributed by atoms with E-state index in [1.807, 2.05) is 6.07 Å². The van der Waals surface area contributed by atoms with Crippen molar-refractivity contribution in [3.63, 3.8) is 0 Å². The lowest BCUT2D eigenvalue weighted by molar-refractivity contribution is 0.0511. The van der Waals surface area contributed by atoms with Crippen LogP contribution in [-0.4, -0.2) is 85.2 Å². The average molecular weight is 547 g/mol. The zero-order chi connectivity index (χ0) is 28.0. The first-order chi connectivity index (χ1) is 19.2. The Hall–Kier alpha value is -3.06. The molecule has 2 aromatic rings. The zero-order valence-corrected chi connectivity index (χ0v) is 23.2. The van der Waals surface area contributed by atoms with Crippen molar-refractivity contribution in [3.8, 4) is 0 Å². The fourth-order valence-electron chi connectivity index (χ4n) is 3.59. The monoisotopic (exact) mass is 546 g/mol. The van der Waals surface area contributed by atoms with Gasteiger partial charge in [-0.25, -0.2) is 0 Å². The maximum absolute atomic E-state index is 12.6. The Morgan fingerprint density at radius 1 is 0.846 bits per heavy atom. The third kappa shape index (κ3) is 14.6. The number of aromatic nitrogens is 3. The van der Waals surface area contributed by atoms with Crippen LogP contribution in [0.5, 0.6) is 0 Å². The Morgan fingerprint density at radius 3 is 2.23 bits per heavy atom. The third-order valence-electron chi connectivity index (χ3n) is 5.61. The Bertz CT molecular complexity index is 934. The molecule has 218 valence electrons. The van der Waals surface area contributed by atoms with Crippen molar-refractivity contribution in [1.82, 2.24) is 20.3 Å². The first-order valence-corrected chi connectivity index (χ1v) is 14.0. The highest BCUT2D eigenvalue weighted by Gasteiger charge is 2.10. The van der Waals surface area contributed by atoms with Gasteiger partial charge in [0.15, 0.2) is 0 Å². The first-order valence-electron chi connectivity index (χ1n) is 14.0. The molecular weight excluding hydrogens is 500 g/mol. The molecule has 0 fully saturated rings. The van der Waals surface area contributed by atoms with E-state index in [0.717, 1.165) is 19.4 Å². The molecule has 0 bridgehead atoms. The summed E-state index contributed by atoms with van der Waals surface area (Å²) in [7, 11) is 0. The van der Waals surface area contributed by atoms with Gasteiger partial charge in [-0.1, -0.05) is 45.1 Å². The van der Waals surface area contributed by atoms with E-state index < -0.39 is 0 Å². The van der Waals surface area contributed by atoms with Crippen LogP contribution in [0.2, 0.25) is 0 Å². The van der Waals surface area contributed by atoms with Crippen molar-refractivity contribution in [2.45, 2.75) is 51.9 Å². The van der Waals surface area contributed by atoms with Crippen LogP contribution in [0, 0.1) is 0 Å². The average Bonchev–Trinajstić information content (AvgIpc) is 2.94. The summed E-state index contributed by atoms with van der Waals surface area (Å²) in [6.45, 7) is 6.30. The van der Waals surface area contributed by atoms with Crippen molar-refractivity contribution in [1.29, 1.82) is 0 Å². The Labute approximate surface area is 231 Å². The number of carbonyl (C=O) groups excluding carboxylic acids is 1. The first kappa shape index (κ1) is 32.2. The summed E-state index contributed by atoms with van der Waals surface area (Å²) in [6.07, 6.45) is 7.80. The number of hydrogen-bond donors (Lipinski definition) is 6. The van der Waals surface area contributed by atoms with E-state index >= 15 is 0 Å². The minimum atomic E-state index is -0.204. The SMILES string of the molecule is CCCCCCCCNc1nc(NCCCO)nc(Nc2cccc(C(=O)NCCOCCOCCN)c2)n1. The number of nitrogens with one attached hydrogen (secondary N) is 4. The van der Waals surface area contributed by atoms with Crippen LogP contribution in [0.4, 0.5) is 23.5 Å². The van der Waals surface area contributed by atoms with E-state index in [1.54, 1.807) is 18.2 Å². The van der Waals surface area contributed by atoms with Gasteiger partial charge in [-0.15, -0.1) is 0 Å². The second-order valence-corrected chi connectivity index (χ2v) is 8.98. The molecule has 12 heteroatoms. The second-order valence-electron chi connectivity index (χ2n) is 8.98. The van der Waals surface area contributed by atoms with E-state index in [-0.39, 0.29) is 12.5 Å². The Balaban J connectivity index is 1.91. The smallest absolute Gasteiger partial charge is 0.251 e. The van der Waals surface area contributed by atoms with E-state index in [2.05, 4.69) is 43.1 Å². The molecule has 0 unspecified atom stereocenters. The molecule has 0 saturated carbocycles. The largest absolute Gasteiger partial charge is 0.396 e. The molecule has 1 aromatic carbocycles. The van der Waals surface area contributed by atoms with E-state index in [4.69, 9.17) is 20.3 Å². The second kappa shape index (κ2) is 20.8. The van der Waals surface area contributed by atoms with Crippen LogP contribution in [0.3, 0.4) is 0 Å². The minimum Gasteiger partial charge on any atom is -0.396 e. The summed E-state index contributed by atoms with van der Waals surface area (Å²) in [5.74, 6) is 1.03. The van der Waals surface area contributed by atoms with Crippen LogP contribution in [0.1, 0.15) is 62.2 Å². The summed E-state index contributed by atoms with van der Waals surface area (Å²) >= 11 is 0. The standard InChI is InChI=1S/C27H46N8O4/c1-2-3-4-5-6-7-13-30-25-33-26(31-14-9-16-36)35-27(34-25)32-23-11-8-10-22(21-23)24(37)29-15-18-39-20-19-38-17-12-28/h8,10-11,21,36H,2-7,9,12-20,28H2,1H3,(H,29,37)(H3,30,31,32,33,34,35). The molecular formula is C27H46N8O4. The fourth-order valence-corrected chi connectivity index (χ4v) is 3.59. The van der Waals surface area contributed by atoms with Gasteiger partial charge in [-0.3, -0.25) is 4.79 Å². The quantitative estimate of drug-likeness (QED) is 0.113. The lowest BCUT2D eigenvalue weighted by atomic mass is 10.1. The van der Waals surface area contributed by atoms with Gasteiger partial charge >= 0.3 is 0 Å². The van der Waals surface area contributed by atoms with Gasteiger partial charge in [-0.2, -0.15) is 15.0 Å². The maximum Gasteiger partial charge on any atom is 0.251 e. The van der Waals surface area contributed by atoms with Crippen molar-refractivity contribution in [2.75, 3.05) is 75.2 Å². The number of carbonyl (C=O) groups is 1. The number of amides is 1. The Kier molecular flexibility index (Phi) is 17.2. The number of benzene rings is 1. The molecule has 0 aliphatic rings. The lowest BCUT2D eigenvalue weighted by Crippen LogP contribution is -2.27. The van der Waals surface area contributed by atoms with Gasteiger partial charge in [0.1, 0.15) is 0 Å². The molecule has 0 spiro atoms. The maximum atomic E-state index is 12.6. The van der Waals surface area contributed by atoms with E-state index in [1.165, 1.54) is 25.7 Å². The highest BCUT2D eigenvalue weighted by Crippen LogP contribution is 2.18. The number of aliphatic hydroxyl groups excluding tert-OH is 1. The van der Waals surface area contributed by atoms with Crippen molar-refractivity contribution in [2.24, 2.45) is 5.73 Å². The normalized spacial score (nSPS) is 10.8. The number of anilines is 4. The van der Waals surface area contributed by atoms with Crippen molar-refractivity contribution >= 4 is 29.4 Å². The number of nitrogens with two attached hydrogens (primary N) is 1. The summed E-state index contributed by atoms with van der Waals surface area (Å²) in [6, 6.07) is 7.11. The zero-order valence-electron chi connectivity index (χ0n) is 23.2. The predicted molar refractivity (Wildman–Crippen MR) is 155 cm³/mol. The van der Waals surface area contributed by atoms with Gasteiger partial charge in [0.25, 0.3) is 5.91 Å². The molecule has 39 heavy (non-hydrogen) atoms. The summed E-state index contributed by atoms with van der Waals surface area (Å²) in [5, 5.41) is 21.5. The summed E-state index contributed by atoms with van der Waals surface area (Å²) < 4.78 is 10.7. The van der Waals surface area contributed by atoms with Gasteiger partial charge in [0.05, 0.1) is 26.4 Å². The lowest BCUT2D eigenvalue weighted by Gasteiger charge is -2.12. The minimum absolute atomic E-state index is 0.0799. The molecule has 0 aliphatic heterocycles. The number of hydrogen-bond acceptors (Lipinski definition) is 11. The molecule has 1 heterocycles. The molecule has 7 N–H and O–H groups in total. The third-order valence-corrected chi connectivity index (χ3v) is 5.61. The van der Waals surface area contributed by atoms with Crippen LogP contribution < -0.4 is 27.0 Å². The number of aliphatic hydroxyl groups is 1. The van der Waals surface area contributed by atoms with Gasteiger partial charge in [-0.05, 0) is 31.0 Å². The molecule has 0 aliphatic carbocycles. The number of unbranched alkanes of at least 4 members (excludes halogenated alkanes) is 5. The molecule has 1 aromatic heterocycles. The highest BCUT2D eigenvalue weighted by molar-refractivity contribution is 5.95. The number of rotatable bonds is 23. The van der Waals surface area contributed by atoms with Gasteiger partial charge in [0, 0.05) is 44.0 Å². The highest BCUT2D eigenvalue weighted by atomic mass is 16.5. The molecule has 0 radical (unpaired) electrons. The molecule has 0 atom stereocenters. The topological polar surface area (TPSA) is 169 Å². The Morgan fingerprint density at radius 2 is 1.51 bits per heavy atom.